The van der Waals surface area contributed by atoms with Crippen LogP contribution in [0.15, 0.2) is 47.4 Å². The lowest BCUT2D eigenvalue weighted by Gasteiger charge is -2.16. The zero-order valence-corrected chi connectivity index (χ0v) is 17.1. The zero-order valence-electron chi connectivity index (χ0n) is 15.5. The third-order valence-corrected chi connectivity index (χ3v) is 5.40. The van der Waals surface area contributed by atoms with Crippen LogP contribution >= 0.6 is 24.0 Å². The normalized spacial score (nSPS) is 15.1. The molecule has 8 heteroatoms. The number of thiocarbonyl (C=S) groups is 1. The van der Waals surface area contributed by atoms with E-state index in [0.717, 1.165) is 27.9 Å². The summed E-state index contributed by atoms with van der Waals surface area (Å²) in [4.78, 5) is 25.6. The van der Waals surface area contributed by atoms with Crippen molar-refractivity contribution in [3.8, 4) is 11.5 Å². The Morgan fingerprint density at radius 2 is 1.86 bits per heavy atom. The van der Waals surface area contributed by atoms with E-state index in [4.69, 9.17) is 21.7 Å². The molecule has 0 aromatic heterocycles. The van der Waals surface area contributed by atoms with E-state index < -0.39 is 0 Å². The molecule has 144 valence electrons. The van der Waals surface area contributed by atoms with Gasteiger partial charge in [-0.25, -0.2) is 0 Å². The topological polar surface area (TPSA) is 67.9 Å². The number of amides is 2. The lowest BCUT2D eigenvalue weighted by atomic mass is 10.1. The molecular formula is C20H18N2O4S2. The summed E-state index contributed by atoms with van der Waals surface area (Å²) in [5.74, 6) is 0.380. The first-order valence-corrected chi connectivity index (χ1v) is 9.53. The van der Waals surface area contributed by atoms with E-state index >= 15 is 0 Å². The third kappa shape index (κ3) is 4.02. The van der Waals surface area contributed by atoms with Crippen LogP contribution in [0.2, 0.25) is 0 Å². The van der Waals surface area contributed by atoms with Crippen LogP contribution in [0.5, 0.6) is 11.5 Å². The molecule has 2 aromatic rings. The molecule has 1 saturated heterocycles. The maximum atomic E-state index is 12.7. The van der Waals surface area contributed by atoms with Crippen LogP contribution in [0.25, 0.3) is 6.08 Å². The van der Waals surface area contributed by atoms with Gasteiger partial charge in [-0.1, -0.05) is 36.0 Å². The fraction of sp³-hybridized carbons (Fsp3) is 0.150. The highest BCUT2D eigenvalue weighted by molar-refractivity contribution is 8.26. The van der Waals surface area contributed by atoms with Crippen molar-refractivity contribution in [2.75, 3.05) is 14.2 Å². The van der Waals surface area contributed by atoms with Gasteiger partial charge in [0.15, 0.2) is 15.8 Å². The van der Waals surface area contributed by atoms with E-state index in [2.05, 4.69) is 5.43 Å². The third-order valence-electron chi connectivity index (χ3n) is 4.10. The number of hydrogen-bond acceptors (Lipinski definition) is 6. The minimum Gasteiger partial charge on any atom is -0.493 e. The summed E-state index contributed by atoms with van der Waals surface area (Å²) in [5, 5.41) is 1.10. The molecule has 2 amide bonds. The van der Waals surface area contributed by atoms with Crippen molar-refractivity contribution in [3.63, 3.8) is 0 Å². The molecule has 3 rings (SSSR count). The van der Waals surface area contributed by atoms with Crippen LogP contribution in [-0.2, 0) is 4.79 Å². The van der Waals surface area contributed by atoms with Crippen LogP contribution in [0.3, 0.4) is 0 Å². The van der Waals surface area contributed by atoms with Crippen LogP contribution < -0.4 is 14.9 Å². The van der Waals surface area contributed by atoms with Crippen LogP contribution in [-0.4, -0.2) is 35.4 Å². The van der Waals surface area contributed by atoms with Crippen LogP contribution in [0.1, 0.15) is 21.5 Å². The molecule has 0 bridgehead atoms. The van der Waals surface area contributed by atoms with E-state index in [9.17, 15) is 9.59 Å². The number of aryl methyl sites for hydroxylation is 1. The number of hydrogen-bond donors (Lipinski definition) is 1. The first-order chi connectivity index (χ1) is 13.4. The number of carbonyl (C=O) groups excluding carboxylic acids is 2. The highest BCUT2D eigenvalue weighted by Crippen LogP contribution is 2.34. The molecule has 6 nitrogen and oxygen atoms in total. The molecule has 1 aliphatic rings. The number of benzene rings is 2. The van der Waals surface area contributed by atoms with E-state index in [1.807, 2.05) is 19.1 Å². The minimum atomic E-state index is -0.387. The maximum Gasteiger partial charge on any atom is 0.285 e. The first-order valence-electron chi connectivity index (χ1n) is 8.31. The van der Waals surface area contributed by atoms with Gasteiger partial charge in [0, 0.05) is 5.56 Å². The van der Waals surface area contributed by atoms with Crippen molar-refractivity contribution in [1.29, 1.82) is 0 Å². The predicted octanol–water partition coefficient (Wildman–Crippen LogP) is 3.56. The average molecular weight is 415 g/mol. The Morgan fingerprint density at radius 1 is 1.14 bits per heavy atom. The number of carbonyl (C=O) groups is 2. The molecular weight excluding hydrogens is 396 g/mol. The van der Waals surface area contributed by atoms with Crippen LogP contribution in [0, 0.1) is 6.92 Å². The monoisotopic (exact) mass is 414 g/mol. The van der Waals surface area contributed by atoms with E-state index in [0.29, 0.717) is 22.0 Å². The smallest absolute Gasteiger partial charge is 0.285 e. The summed E-state index contributed by atoms with van der Waals surface area (Å²) in [5.41, 5.74) is 4.64. The van der Waals surface area contributed by atoms with Gasteiger partial charge in [-0.15, -0.1) is 0 Å². The standard InChI is InChI=1S/C20H18N2O4S2/c1-12-6-4-5-7-14(12)18(23)21-22-19(24)17(28-20(22)27)11-13-8-9-15(25-2)16(10-13)26-3/h4-11H,1-3H3,(H,21,23)/b17-11-. The first kappa shape index (κ1) is 19.9. The fourth-order valence-electron chi connectivity index (χ4n) is 2.65. The van der Waals surface area contributed by atoms with Crippen molar-refractivity contribution in [2.45, 2.75) is 6.92 Å². The van der Waals surface area contributed by atoms with Crippen molar-refractivity contribution in [2.24, 2.45) is 0 Å². The van der Waals surface area contributed by atoms with Gasteiger partial charge in [-0.2, -0.15) is 5.01 Å². The summed E-state index contributed by atoms with van der Waals surface area (Å²) in [7, 11) is 3.10. The number of hydrazine groups is 1. The SMILES string of the molecule is COc1ccc(/C=C2\SC(=S)N(NC(=O)c3ccccc3C)C2=O)cc1OC. The van der Waals surface area contributed by atoms with E-state index in [1.165, 1.54) is 0 Å². The van der Waals surface area contributed by atoms with Crippen molar-refractivity contribution in [3.05, 3.63) is 64.1 Å². The summed E-state index contributed by atoms with van der Waals surface area (Å²) in [6, 6.07) is 12.5. The molecule has 0 atom stereocenters. The molecule has 1 aliphatic heterocycles. The summed E-state index contributed by atoms with van der Waals surface area (Å²) >= 11 is 6.39. The summed E-state index contributed by atoms with van der Waals surface area (Å²) in [6.07, 6.45) is 1.70. The average Bonchev–Trinajstić information content (AvgIpc) is 2.95. The molecule has 28 heavy (non-hydrogen) atoms. The zero-order chi connectivity index (χ0) is 20.3. The fourth-order valence-corrected chi connectivity index (χ4v) is 3.83. The largest absolute Gasteiger partial charge is 0.493 e. The number of methoxy groups -OCH3 is 2. The number of nitrogens with zero attached hydrogens (tertiary/aromatic N) is 1. The van der Waals surface area contributed by atoms with Crippen molar-refractivity contribution in [1.82, 2.24) is 10.4 Å². The van der Waals surface area contributed by atoms with Gasteiger partial charge in [0.1, 0.15) is 0 Å². The molecule has 1 heterocycles. The maximum absolute atomic E-state index is 12.7. The van der Waals surface area contributed by atoms with Crippen molar-refractivity contribution >= 4 is 46.2 Å². The van der Waals surface area contributed by atoms with Gasteiger partial charge < -0.3 is 9.47 Å². The van der Waals surface area contributed by atoms with Gasteiger partial charge in [-0.05, 0) is 54.5 Å². The number of ether oxygens (including phenoxy) is 2. The van der Waals surface area contributed by atoms with E-state index in [1.54, 1.807) is 50.6 Å². The summed E-state index contributed by atoms with van der Waals surface area (Å²) < 4.78 is 10.8. The lowest BCUT2D eigenvalue weighted by Crippen LogP contribution is -2.45. The Balaban J connectivity index is 1.81. The van der Waals surface area contributed by atoms with Gasteiger partial charge in [-0.3, -0.25) is 15.0 Å². The molecule has 0 radical (unpaired) electrons. The van der Waals surface area contributed by atoms with Gasteiger partial charge in [0.2, 0.25) is 0 Å². The second kappa shape index (κ2) is 8.45. The molecule has 1 N–H and O–H groups in total. The molecule has 0 unspecified atom stereocenters. The molecule has 1 fully saturated rings. The van der Waals surface area contributed by atoms with Crippen LogP contribution in [0.4, 0.5) is 0 Å². The predicted molar refractivity (Wildman–Crippen MR) is 113 cm³/mol. The molecule has 2 aromatic carbocycles. The number of thioether (sulfide) groups is 1. The quantitative estimate of drug-likeness (QED) is 0.596. The Bertz CT molecular complexity index is 988. The number of nitrogens with one attached hydrogen (secondary N) is 1. The lowest BCUT2D eigenvalue weighted by molar-refractivity contribution is -0.123. The Hall–Kier alpha value is -2.84. The summed E-state index contributed by atoms with van der Waals surface area (Å²) in [6.45, 7) is 1.83. The van der Waals surface area contributed by atoms with Gasteiger partial charge in [0.25, 0.3) is 11.8 Å². The van der Waals surface area contributed by atoms with E-state index in [-0.39, 0.29) is 16.1 Å². The molecule has 0 saturated carbocycles. The highest BCUT2D eigenvalue weighted by Gasteiger charge is 2.34. The Kier molecular flexibility index (Phi) is 6.01. The van der Waals surface area contributed by atoms with Gasteiger partial charge in [0.05, 0.1) is 19.1 Å². The minimum absolute atomic E-state index is 0.263. The van der Waals surface area contributed by atoms with Gasteiger partial charge >= 0.3 is 0 Å². The van der Waals surface area contributed by atoms with Crippen molar-refractivity contribution < 1.29 is 19.1 Å². The molecule has 0 spiro atoms. The second-order valence-corrected chi connectivity index (χ2v) is 7.56. The molecule has 0 aliphatic carbocycles. The Morgan fingerprint density at radius 3 is 2.54 bits per heavy atom. The highest BCUT2D eigenvalue weighted by atomic mass is 32.2. The second-order valence-electron chi connectivity index (χ2n) is 5.89. The number of rotatable bonds is 5. The Labute approximate surface area is 172 Å².